The van der Waals surface area contributed by atoms with Crippen molar-refractivity contribution in [3.63, 3.8) is 0 Å². The summed E-state index contributed by atoms with van der Waals surface area (Å²) < 4.78 is 1.09. The van der Waals surface area contributed by atoms with Gasteiger partial charge in [0, 0.05) is 36.0 Å². The monoisotopic (exact) mass is 347 g/mol. The van der Waals surface area contributed by atoms with Gasteiger partial charge in [0.25, 0.3) is 0 Å². The van der Waals surface area contributed by atoms with Gasteiger partial charge in [0.15, 0.2) is 0 Å². The fourth-order valence-electron chi connectivity index (χ4n) is 2.35. The maximum Gasteiger partial charge on any atom is 0.0318 e. The van der Waals surface area contributed by atoms with Crippen LogP contribution in [0, 0.1) is 0 Å². The van der Waals surface area contributed by atoms with Crippen LogP contribution in [-0.2, 0) is 6.54 Å². The van der Waals surface area contributed by atoms with Gasteiger partial charge in [-0.3, -0.25) is 9.88 Å². The Morgan fingerprint density at radius 1 is 1.19 bits per heavy atom. The summed E-state index contributed by atoms with van der Waals surface area (Å²) in [5, 5.41) is 0. The van der Waals surface area contributed by atoms with E-state index in [9.17, 15) is 0 Å². The van der Waals surface area contributed by atoms with Crippen LogP contribution in [0.3, 0.4) is 0 Å². The van der Waals surface area contributed by atoms with Gasteiger partial charge in [0.05, 0.1) is 0 Å². The lowest BCUT2D eigenvalue weighted by Gasteiger charge is -2.23. The molecule has 0 saturated carbocycles. The molecule has 2 rings (SSSR count). The minimum Gasteiger partial charge on any atom is -0.324 e. The van der Waals surface area contributed by atoms with E-state index in [2.05, 4.69) is 50.9 Å². The molecule has 0 aliphatic heterocycles. The molecule has 0 amide bonds. The van der Waals surface area contributed by atoms with Crippen LogP contribution in [0.4, 0.5) is 0 Å². The Balaban J connectivity index is 1.90. The Labute approximate surface area is 135 Å². The zero-order chi connectivity index (χ0) is 15.1. The predicted molar refractivity (Wildman–Crippen MR) is 90.9 cm³/mol. The first kappa shape index (κ1) is 16.1. The average Bonchev–Trinajstić information content (AvgIpc) is 2.52. The molecule has 2 N–H and O–H groups in total. The van der Waals surface area contributed by atoms with Crippen molar-refractivity contribution < 1.29 is 0 Å². The molecule has 0 fully saturated rings. The number of hydrogen-bond donors (Lipinski definition) is 1. The lowest BCUT2D eigenvalue weighted by molar-refractivity contribution is 0.268. The third-order valence-electron chi connectivity index (χ3n) is 3.66. The van der Waals surface area contributed by atoms with Gasteiger partial charge in [0.1, 0.15) is 0 Å². The van der Waals surface area contributed by atoms with E-state index in [1.807, 2.05) is 30.6 Å². The summed E-state index contributed by atoms with van der Waals surface area (Å²) in [6, 6.07) is 12.4. The molecule has 4 heteroatoms. The summed E-state index contributed by atoms with van der Waals surface area (Å²) in [6.45, 7) is 5.14. The highest BCUT2D eigenvalue weighted by Gasteiger charge is 2.11. The zero-order valence-electron chi connectivity index (χ0n) is 12.4. The summed E-state index contributed by atoms with van der Waals surface area (Å²) in [7, 11) is 0. The van der Waals surface area contributed by atoms with Crippen molar-refractivity contribution in [1.82, 2.24) is 9.88 Å². The third-order valence-corrected chi connectivity index (χ3v) is 4.39. The highest BCUT2D eigenvalue weighted by atomic mass is 79.9. The summed E-state index contributed by atoms with van der Waals surface area (Å²) in [5.41, 5.74) is 8.80. The largest absolute Gasteiger partial charge is 0.324 e. The van der Waals surface area contributed by atoms with Crippen molar-refractivity contribution in [3.05, 3.63) is 64.4 Å². The second kappa shape index (κ2) is 8.27. The van der Waals surface area contributed by atoms with E-state index in [1.54, 1.807) is 0 Å². The summed E-state index contributed by atoms with van der Waals surface area (Å²) in [4.78, 5) is 6.47. The molecule has 2 aromatic rings. The molecular weight excluding hydrogens is 326 g/mol. The van der Waals surface area contributed by atoms with Crippen LogP contribution in [0.2, 0.25) is 0 Å². The first-order valence-corrected chi connectivity index (χ1v) is 8.11. The van der Waals surface area contributed by atoms with Gasteiger partial charge in [0.2, 0.25) is 0 Å². The molecule has 3 nitrogen and oxygen atoms in total. The average molecular weight is 348 g/mol. The lowest BCUT2D eigenvalue weighted by atomic mass is 10.0. The van der Waals surface area contributed by atoms with Gasteiger partial charge >= 0.3 is 0 Å². The molecule has 1 aromatic heterocycles. The van der Waals surface area contributed by atoms with E-state index in [-0.39, 0.29) is 6.04 Å². The number of aromatic nitrogens is 1. The number of benzene rings is 1. The molecule has 0 radical (unpaired) electrons. The van der Waals surface area contributed by atoms with E-state index in [1.165, 1.54) is 11.1 Å². The SMILES string of the molecule is CCN(CCC(N)c1ccccc1Br)Cc1ccncc1. The van der Waals surface area contributed by atoms with Gasteiger partial charge in [-0.05, 0) is 42.3 Å². The van der Waals surface area contributed by atoms with E-state index in [0.717, 1.165) is 30.5 Å². The first-order chi connectivity index (χ1) is 10.2. The Bertz CT molecular complexity index is 545. The van der Waals surface area contributed by atoms with E-state index >= 15 is 0 Å². The molecule has 0 aliphatic rings. The van der Waals surface area contributed by atoms with Gasteiger partial charge in [-0.15, -0.1) is 0 Å². The molecule has 21 heavy (non-hydrogen) atoms. The van der Waals surface area contributed by atoms with Crippen molar-refractivity contribution in [2.75, 3.05) is 13.1 Å². The smallest absolute Gasteiger partial charge is 0.0318 e. The fraction of sp³-hybridized carbons (Fsp3) is 0.353. The van der Waals surface area contributed by atoms with Crippen molar-refractivity contribution in [1.29, 1.82) is 0 Å². The fourth-order valence-corrected chi connectivity index (χ4v) is 2.93. The highest BCUT2D eigenvalue weighted by molar-refractivity contribution is 9.10. The Hall–Kier alpha value is -1.23. The second-order valence-corrected chi connectivity index (χ2v) is 6.00. The zero-order valence-corrected chi connectivity index (χ0v) is 14.0. The van der Waals surface area contributed by atoms with Crippen LogP contribution in [0.5, 0.6) is 0 Å². The summed E-state index contributed by atoms with van der Waals surface area (Å²) in [6.07, 6.45) is 4.63. The Morgan fingerprint density at radius 2 is 1.90 bits per heavy atom. The highest BCUT2D eigenvalue weighted by Crippen LogP contribution is 2.23. The maximum absolute atomic E-state index is 6.33. The normalized spacial score (nSPS) is 12.6. The minimum atomic E-state index is 0.0621. The van der Waals surface area contributed by atoms with Crippen LogP contribution in [-0.4, -0.2) is 23.0 Å². The lowest BCUT2D eigenvalue weighted by Crippen LogP contribution is -2.27. The van der Waals surface area contributed by atoms with E-state index < -0.39 is 0 Å². The molecule has 1 aromatic carbocycles. The number of nitrogens with zero attached hydrogens (tertiary/aromatic N) is 2. The Kier molecular flexibility index (Phi) is 6.36. The van der Waals surface area contributed by atoms with Crippen molar-refractivity contribution in [2.45, 2.75) is 25.9 Å². The molecule has 0 bridgehead atoms. The molecule has 1 atom stereocenters. The number of nitrogens with two attached hydrogens (primary N) is 1. The molecule has 1 heterocycles. The van der Waals surface area contributed by atoms with Gasteiger partial charge in [-0.2, -0.15) is 0 Å². The van der Waals surface area contributed by atoms with Gasteiger partial charge in [-0.1, -0.05) is 41.1 Å². The first-order valence-electron chi connectivity index (χ1n) is 7.32. The molecule has 0 aliphatic carbocycles. The maximum atomic E-state index is 6.33. The second-order valence-electron chi connectivity index (χ2n) is 5.14. The third kappa shape index (κ3) is 4.92. The van der Waals surface area contributed by atoms with Crippen molar-refractivity contribution >= 4 is 15.9 Å². The van der Waals surface area contributed by atoms with E-state index in [4.69, 9.17) is 5.73 Å². The number of pyridine rings is 1. The van der Waals surface area contributed by atoms with E-state index in [0.29, 0.717) is 0 Å². The van der Waals surface area contributed by atoms with Gasteiger partial charge in [-0.25, -0.2) is 0 Å². The van der Waals surface area contributed by atoms with Crippen molar-refractivity contribution in [2.24, 2.45) is 5.73 Å². The van der Waals surface area contributed by atoms with Crippen LogP contribution < -0.4 is 5.73 Å². The minimum absolute atomic E-state index is 0.0621. The summed E-state index contributed by atoms with van der Waals surface area (Å²) in [5.74, 6) is 0. The predicted octanol–water partition coefficient (Wildman–Crippen LogP) is 3.76. The number of rotatable bonds is 7. The van der Waals surface area contributed by atoms with Gasteiger partial charge < -0.3 is 5.73 Å². The molecule has 1 unspecified atom stereocenters. The summed E-state index contributed by atoms with van der Waals surface area (Å²) >= 11 is 3.57. The van der Waals surface area contributed by atoms with Crippen LogP contribution in [0.25, 0.3) is 0 Å². The van der Waals surface area contributed by atoms with Crippen LogP contribution >= 0.6 is 15.9 Å². The van der Waals surface area contributed by atoms with Crippen LogP contribution in [0.15, 0.2) is 53.3 Å². The molecule has 112 valence electrons. The Morgan fingerprint density at radius 3 is 2.57 bits per heavy atom. The molecule has 0 saturated heterocycles. The molecular formula is C17H22BrN3. The molecule has 0 spiro atoms. The number of halogens is 1. The topological polar surface area (TPSA) is 42.1 Å². The standard InChI is InChI=1S/C17H22BrN3/c1-2-21(13-14-7-10-20-11-8-14)12-9-17(19)15-5-3-4-6-16(15)18/h3-8,10-11,17H,2,9,12-13,19H2,1H3. The number of hydrogen-bond acceptors (Lipinski definition) is 3. The van der Waals surface area contributed by atoms with Crippen LogP contribution in [0.1, 0.15) is 30.5 Å². The van der Waals surface area contributed by atoms with Crippen molar-refractivity contribution in [3.8, 4) is 0 Å². The quantitative estimate of drug-likeness (QED) is 0.829.